The zero-order valence-corrected chi connectivity index (χ0v) is 20.5. The lowest BCUT2D eigenvalue weighted by Gasteiger charge is -2.26. The van der Waals surface area contributed by atoms with Crippen LogP contribution >= 0.6 is 0 Å². The zero-order valence-electron chi connectivity index (χ0n) is 19.7. The molecule has 2 aliphatic rings. The van der Waals surface area contributed by atoms with Crippen LogP contribution in [0.5, 0.6) is 0 Å². The van der Waals surface area contributed by atoms with Crippen LogP contribution in [0.15, 0.2) is 36.4 Å². The molecular weight excluding hydrogens is 434 g/mol. The largest absolute Gasteiger partial charge is 0.332 e. The molecule has 0 saturated heterocycles. The predicted molar refractivity (Wildman–Crippen MR) is 133 cm³/mol. The van der Waals surface area contributed by atoms with E-state index in [0.717, 1.165) is 50.8 Å². The van der Waals surface area contributed by atoms with Gasteiger partial charge in [0.05, 0.1) is 5.75 Å². The highest BCUT2D eigenvalue weighted by atomic mass is 32.2. The molecule has 178 valence electrons. The summed E-state index contributed by atoms with van der Waals surface area (Å²) < 4.78 is 27.5. The number of fused-ring (bicyclic) bond motifs is 2. The van der Waals surface area contributed by atoms with E-state index in [1.54, 1.807) is 0 Å². The van der Waals surface area contributed by atoms with Crippen molar-refractivity contribution in [3.8, 4) is 0 Å². The van der Waals surface area contributed by atoms with Crippen molar-refractivity contribution in [3.63, 3.8) is 0 Å². The van der Waals surface area contributed by atoms with Gasteiger partial charge in [-0.3, -0.25) is 4.90 Å². The van der Waals surface area contributed by atoms with E-state index in [9.17, 15) is 13.2 Å². The first kappa shape index (κ1) is 23.8. The smallest absolute Gasteiger partial charge is 0.307 e. The molecule has 2 amide bonds. The van der Waals surface area contributed by atoms with Gasteiger partial charge in [0.1, 0.15) is 0 Å². The molecule has 0 aromatic heterocycles. The molecule has 0 unspecified atom stereocenters. The minimum atomic E-state index is -3.71. The fourth-order valence-electron chi connectivity index (χ4n) is 5.09. The Balaban J connectivity index is 1.33. The molecule has 0 atom stereocenters. The Kier molecular flexibility index (Phi) is 7.39. The Bertz CT molecular complexity index is 1070. The fourth-order valence-corrected chi connectivity index (χ4v) is 6.04. The van der Waals surface area contributed by atoms with Crippen LogP contribution in [0.2, 0.25) is 0 Å². The first-order valence-electron chi connectivity index (χ1n) is 12.1. The molecule has 0 bridgehead atoms. The molecule has 7 heteroatoms. The van der Waals surface area contributed by atoms with E-state index in [0.29, 0.717) is 19.0 Å². The van der Waals surface area contributed by atoms with Crippen LogP contribution in [0.4, 0.5) is 10.5 Å². The van der Waals surface area contributed by atoms with Crippen molar-refractivity contribution in [2.75, 3.05) is 17.6 Å². The maximum absolute atomic E-state index is 12.7. The number of amides is 2. The van der Waals surface area contributed by atoms with E-state index >= 15 is 0 Å². The number of urea groups is 1. The summed E-state index contributed by atoms with van der Waals surface area (Å²) in [7, 11) is -3.71. The van der Waals surface area contributed by atoms with Gasteiger partial charge >= 0.3 is 6.03 Å². The molecule has 6 nitrogen and oxygen atoms in total. The number of hydrogen-bond acceptors (Lipinski definition) is 4. The van der Waals surface area contributed by atoms with E-state index in [2.05, 4.69) is 47.0 Å². The molecule has 2 aromatic rings. The van der Waals surface area contributed by atoms with Crippen molar-refractivity contribution >= 4 is 21.7 Å². The van der Waals surface area contributed by atoms with Gasteiger partial charge < -0.3 is 5.32 Å². The standard InChI is InChI=1S/C26H35N3O3S/c1-19(2)29(18-20-9-4-3-5-10-20)15-8-16-33(31,32)28-26(30)27-25-23-13-6-11-21(23)17-22-12-7-14-24(22)25/h3-5,9-10,17,19H,6-8,11-16,18H2,1-2H3,(H2,27,28,30). The van der Waals surface area contributed by atoms with Gasteiger partial charge in [-0.2, -0.15) is 0 Å². The van der Waals surface area contributed by atoms with E-state index in [4.69, 9.17) is 0 Å². The van der Waals surface area contributed by atoms with Crippen LogP contribution in [-0.2, 0) is 42.3 Å². The SMILES string of the molecule is CC(C)N(CCCS(=O)(=O)NC(=O)Nc1c2c(cc3c1CCC3)CCC2)Cc1ccccc1. The lowest BCUT2D eigenvalue weighted by Crippen LogP contribution is -2.38. The molecule has 33 heavy (non-hydrogen) atoms. The average Bonchev–Trinajstić information content (AvgIpc) is 3.42. The van der Waals surface area contributed by atoms with Gasteiger partial charge in [0, 0.05) is 18.3 Å². The minimum Gasteiger partial charge on any atom is -0.307 e. The van der Waals surface area contributed by atoms with E-state index in [1.165, 1.54) is 27.8 Å². The van der Waals surface area contributed by atoms with Crippen LogP contribution in [0.3, 0.4) is 0 Å². The number of benzene rings is 2. The summed E-state index contributed by atoms with van der Waals surface area (Å²) in [4.78, 5) is 14.9. The molecule has 2 aliphatic carbocycles. The first-order valence-corrected chi connectivity index (χ1v) is 13.7. The van der Waals surface area contributed by atoms with E-state index < -0.39 is 16.1 Å². The number of anilines is 1. The first-order chi connectivity index (χ1) is 15.8. The third-order valence-electron chi connectivity index (χ3n) is 6.78. The number of sulfonamides is 1. The van der Waals surface area contributed by atoms with Crippen LogP contribution in [0, 0.1) is 0 Å². The maximum Gasteiger partial charge on any atom is 0.332 e. The second-order valence-corrected chi connectivity index (χ2v) is 11.4. The summed E-state index contributed by atoms with van der Waals surface area (Å²) in [5.41, 5.74) is 7.06. The van der Waals surface area contributed by atoms with Crippen molar-refractivity contribution in [2.24, 2.45) is 0 Å². The Hall–Kier alpha value is -2.38. The number of rotatable bonds is 9. The van der Waals surface area contributed by atoms with E-state index in [1.807, 2.05) is 18.2 Å². The van der Waals surface area contributed by atoms with Gasteiger partial charge in [-0.1, -0.05) is 36.4 Å². The minimum absolute atomic E-state index is 0.0799. The van der Waals surface area contributed by atoms with Gasteiger partial charge in [0.15, 0.2) is 0 Å². The molecule has 0 fully saturated rings. The lowest BCUT2D eigenvalue weighted by atomic mass is 9.99. The topological polar surface area (TPSA) is 78.5 Å². The van der Waals surface area contributed by atoms with Gasteiger partial charge in [0.2, 0.25) is 10.0 Å². The molecule has 2 aromatic carbocycles. The number of carbonyl (C=O) groups excluding carboxylic acids is 1. The number of hydrogen-bond donors (Lipinski definition) is 2. The third-order valence-corrected chi connectivity index (χ3v) is 8.10. The molecule has 2 N–H and O–H groups in total. The quantitative estimate of drug-likeness (QED) is 0.570. The Labute approximate surface area is 197 Å². The van der Waals surface area contributed by atoms with Crippen LogP contribution in [-0.4, -0.2) is 37.7 Å². The highest BCUT2D eigenvalue weighted by Gasteiger charge is 2.26. The number of nitrogens with one attached hydrogen (secondary N) is 2. The summed E-state index contributed by atoms with van der Waals surface area (Å²) in [6.45, 7) is 5.64. The van der Waals surface area contributed by atoms with Crippen molar-refractivity contribution in [2.45, 2.75) is 71.4 Å². The summed E-state index contributed by atoms with van der Waals surface area (Å²) in [5.74, 6) is -0.0799. The maximum atomic E-state index is 12.7. The fraction of sp³-hybridized carbons (Fsp3) is 0.500. The van der Waals surface area contributed by atoms with Crippen molar-refractivity contribution in [1.29, 1.82) is 0 Å². The van der Waals surface area contributed by atoms with Crippen LogP contribution in [0.25, 0.3) is 0 Å². The van der Waals surface area contributed by atoms with Crippen LogP contribution < -0.4 is 10.0 Å². The molecule has 0 heterocycles. The predicted octanol–water partition coefficient (Wildman–Crippen LogP) is 4.42. The highest BCUT2D eigenvalue weighted by molar-refractivity contribution is 7.90. The molecule has 0 aliphatic heterocycles. The summed E-state index contributed by atoms with van der Waals surface area (Å²) in [5, 5.41) is 2.91. The molecule has 0 radical (unpaired) electrons. The molecule has 0 spiro atoms. The van der Waals surface area contributed by atoms with Gasteiger partial charge in [-0.25, -0.2) is 17.9 Å². The zero-order chi connectivity index (χ0) is 23.4. The number of carbonyl (C=O) groups is 1. The van der Waals surface area contributed by atoms with Crippen molar-refractivity contribution in [1.82, 2.24) is 9.62 Å². The second kappa shape index (κ2) is 10.3. The van der Waals surface area contributed by atoms with Crippen molar-refractivity contribution < 1.29 is 13.2 Å². The molecule has 0 saturated carbocycles. The highest BCUT2D eigenvalue weighted by Crippen LogP contribution is 2.38. The van der Waals surface area contributed by atoms with Gasteiger partial charge in [0.25, 0.3) is 0 Å². The summed E-state index contributed by atoms with van der Waals surface area (Å²) >= 11 is 0. The Morgan fingerprint density at radius 3 is 2.24 bits per heavy atom. The third kappa shape index (κ3) is 5.95. The van der Waals surface area contributed by atoms with E-state index in [-0.39, 0.29) is 5.75 Å². The number of nitrogens with zero attached hydrogens (tertiary/aromatic N) is 1. The summed E-state index contributed by atoms with van der Waals surface area (Å²) in [6.07, 6.45) is 6.59. The monoisotopic (exact) mass is 469 g/mol. The van der Waals surface area contributed by atoms with Crippen LogP contribution in [0.1, 0.15) is 60.9 Å². The molecular formula is C26H35N3O3S. The van der Waals surface area contributed by atoms with Gasteiger partial charge in [-0.05, 0) is 93.2 Å². The normalized spacial score (nSPS) is 15.0. The average molecular weight is 470 g/mol. The molecule has 4 rings (SSSR count). The Morgan fingerprint density at radius 2 is 1.64 bits per heavy atom. The van der Waals surface area contributed by atoms with Crippen molar-refractivity contribution in [3.05, 3.63) is 64.2 Å². The number of aryl methyl sites for hydroxylation is 2. The Morgan fingerprint density at radius 1 is 1.00 bits per heavy atom. The summed E-state index contributed by atoms with van der Waals surface area (Å²) in [6, 6.07) is 12.1. The lowest BCUT2D eigenvalue weighted by molar-refractivity contribution is 0.213. The van der Waals surface area contributed by atoms with Gasteiger partial charge in [-0.15, -0.1) is 0 Å². The second-order valence-electron chi connectivity index (χ2n) is 9.51.